The summed E-state index contributed by atoms with van der Waals surface area (Å²) in [5.74, 6) is 0.718. The molecule has 1 saturated heterocycles. The Kier molecular flexibility index (Phi) is 4.57. The van der Waals surface area contributed by atoms with Gasteiger partial charge in [0.15, 0.2) is 0 Å². The van der Waals surface area contributed by atoms with Crippen LogP contribution in [0.2, 0.25) is 0 Å². The quantitative estimate of drug-likeness (QED) is 0.834. The van der Waals surface area contributed by atoms with Gasteiger partial charge in [0.25, 0.3) is 0 Å². The van der Waals surface area contributed by atoms with E-state index in [1.807, 2.05) is 0 Å². The van der Waals surface area contributed by atoms with Crippen LogP contribution in [0.1, 0.15) is 43.7 Å². The van der Waals surface area contributed by atoms with Crippen LogP contribution >= 0.6 is 0 Å². The Balaban J connectivity index is 1.92. The van der Waals surface area contributed by atoms with Crippen LogP contribution in [0, 0.1) is 0 Å². The molecule has 2 N–H and O–H groups in total. The highest BCUT2D eigenvalue weighted by molar-refractivity contribution is 5.26. The lowest BCUT2D eigenvalue weighted by atomic mass is 9.91. The summed E-state index contributed by atoms with van der Waals surface area (Å²) in [5, 5.41) is 6.92. The van der Waals surface area contributed by atoms with E-state index >= 15 is 0 Å². The largest absolute Gasteiger partial charge is 0.316 e. The van der Waals surface area contributed by atoms with Gasteiger partial charge in [0.05, 0.1) is 0 Å². The van der Waals surface area contributed by atoms with Gasteiger partial charge >= 0.3 is 0 Å². The van der Waals surface area contributed by atoms with E-state index < -0.39 is 0 Å². The van der Waals surface area contributed by atoms with E-state index in [4.69, 9.17) is 0 Å². The Bertz CT molecular complexity index is 323. The van der Waals surface area contributed by atoms with Crippen molar-refractivity contribution < 1.29 is 0 Å². The molecular weight excluding hydrogens is 208 g/mol. The van der Waals surface area contributed by atoms with E-state index in [1.54, 1.807) is 0 Å². The maximum atomic E-state index is 3.48. The smallest absolute Gasteiger partial charge is 0.0207 e. The lowest BCUT2D eigenvalue weighted by Gasteiger charge is -2.23. The first-order valence-corrected chi connectivity index (χ1v) is 6.78. The van der Waals surface area contributed by atoms with E-state index in [0.717, 1.165) is 19.0 Å². The van der Waals surface area contributed by atoms with Crippen LogP contribution in [0.15, 0.2) is 24.3 Å². The second-order valence-corrected chi connectivity index (χ2v) is 5.32. The van der Waals surface area contributed by atoms with Crippen molar-refractivity contribution in [2.45, 2.75) is 45.2 Å². The third-order valence-electron chi connectivity index (χ3n) is 3.46. The molecule has 1 aliphatic heterocycles. The zero-order valence-corrected chi connectivity index (χ0v) is 11.0. The van der Waals surface area contributed by atoms with Crippen LogP contribution in [0.4, 0.5) is 0 Å². The molecule has 0 bridgehead atoms. The van der Waals surface area contributed by atoms with Crippen molar-refractivity contribution in [2.24, 2.45) is 0 Å². The van der Waals surface area contributed by atoms with E-state index in [2.05, 4.69) is 48.7 Å². The number of nitrogens with one attached hydrogen (secondary N) is 2. The van der Waals surface area contributed by atoms with Gasteiger partial charge in [-0.05, 0) is 36.4 Å². The van der Waals surface area contributed by atoms with Crippen LogP contribution in [0.25, 0.3) is 0 Å². The molecule has 1 unspecified atom stereocenters. The molecule has 0 saturated carbocycles. The molecule has 1 aromatic rings. The topological polar surface area (TPSA) is 24.1 Å². The van der Waals surface area contributed by atoms with E-state index in [-0.39, 0.29) is 0 Å². The minimum Gasteiger partial charge on any atom is -0.316 e. The highest BCUT2D eigenvalue weighted by atomic mass is 14.9. The van der Waals surface area contributed by atoms with Crippen molar-refractivity contribution in [3.05, 3.63) is 35.4 Å². The summed E-state index contributed by atoms with van der Waals surface area (Å²) in [6, 6.07) is 9.68. The molecule has 1 aliphatic rings. The van der Waals surface area contributed by atoms with Crippen molar-refractivity contribution in [2.75, 3.05) is 13.1 Å². The van der Waals surface area contributed by atoms with Gasteiger partial charge in [-0.1, -0.05) is 38.1 Å². The van der Waals surface area contributed by atoms with Gasteiger partial charge < -0.3 is 10.6 Å². The molecule has 0 aromatic heterocycles. The molecule has 1 heterocycles. The molecule has 0 aliphatic carbocycles. The maximum Gasteiger partial charge on any atom is 0.0207 e. The van der Waals surface area contributed by atoms with Gasteiger partial charge in [-0.25, -0.2) is 0 Å². The molecule has 2 nitrogen and oxygen atoms in total. The summed E-state index contributed by atoms with van der Waals surface area (Å²) in [4.78, 5) is 0. The summed E-state index contributed by atoms with van der Waals surface area (Å²) >= 11 is 0. The zero-order chi connectivity index (χ0) is 12.1. The number of piperidine rings is 1. The Morgan fingerprint density at radius 1 is 1.29 bits per heavy atom. The standard InChI is InChI=1S/C15H24N2/c1-12(2)17-10-13-5-7-14(8-6-13)15-4-3-9-16-11-15/h5-8,12,15-17H,3-4,9-11H2,1-2H3. The third kappa shape index (κ3) is 3.83. The SMILES string of the molecule is CC(C)NCc1ccc(C2CCCNC2)cc1. The molecule has 1 atom stereocenters. The predicted octanol–water partition coefficient (Wildman–Crippen LogP) is 2.65. The van der Waals surface area contributed by atoms with Crippen molar-refractivity contribution in [3.8, 4) is 0 Å². The van der Waals surface area contributed by atoms with Gasteiger partial charge in [-0.3, -0.25) is 0 Å². The molecule has 1 aromatic carbocycles. The molecule has 0 radical (unpaired) electrons. The lowest BCUT2D eigenvalue weighted by Crippen LogP contribution is -2.28. The molecule has 17 heavy (non-hydrogen) atoms. The van der Waals surface area contributed by atoms with Gasteiger partial charge in [-0.15, -0.1) is 0 Å². The Morgan fingerprint density at radius 3 is 2.65 bits per heavy atom. The third-order valence-corrected chi connectivity index (χ3v) is 3.46. The first kappa shape index (κ1) is 12.6. The van der Waals surface area contributed by atoms with E-state index in [9.17, 15) is 0 Å². The lowest BCUT2D eigenvalue weighted by molar-refractivity contribution is 0.461. The first-order valence-electron chi connectivity index (χ1n) is 6.78. The summed E-state index contributed by atoms with van der Waals surface area (Å²) in [7, 11) is 0. The van der Waals surface area contributed by atoms with Gasteiger partial charge in [0, 0.05) is 19.1 Å². The Morgan fingerprint density at radius 2 is 2.06 bits per heavy atom. The summed E-state index contributed by atoms with van der Waals surface area (Å²) in [5.41, 5.74) is 2.87. The molecule has 2 heteroatoms. The average Bonchev–Trinajstić information content (AvgIpc) is 2.38. The molecular formula is C15H24N2. The monoisotopic (exact) mass is 232 g/mol. The van der Waals surface area contributed by atoms with Gasteiger partial charge in [0.2, 0.25) is 0 Å². The van der Waals surface area contributed by atoms with E-state index in [1.165, 1.54) is 30.5 Å². The Labute approximate surface area is 105 Å². The fourth-order valence-corrected chi connectivity index (χ4v) is 2.37. The zero-order valence-electron chi connectivity index (χ0n) is 11.0. The van der Waals surface area contributed by atoms with Crippen LogP contribution in [-0.2, 0) is 6.54 Å². The fourth-order valence-electron chi connectivity index (χ4n) is 2.37. The first-order chi connectivity index (χ1) is 8.25. The number of benzene rings is 1. The predicted molar refractivity (Wildman–Crippen MR) is 73.3 cm³/mol. The van der Waals surface area contributed by atoms with Crippen molar-refractivity contribution in [1.29, 1.82) is 0 Å². The average molecular weight is 232 g/mol. The highest BCUT2D eigenvalue weighted by Crippen LogP contribution is 2.23. The summed E-state index contributed by atoms with van der Waals surface area (Å²) in [6.07, 6.45) is 2.64. The molecule has 0 amide bonds. The van der Waals surface area contributed by atoms with Crippen molar-refractivity contribution >= 4 is 0 Å². The molecule has 1 fully saturated rings. The number of hydrogen-bond acceptors (Lipinski definition) is 2. The van der Waals surface area contributed by atoms with E-state index in [0.29, 0.717) is 6.04 Å². The van der Waals surface area contributed by atoms with Crippen LogP contribution < -0.4 is 10.6 Å². The summed E-state index contributed by atoms with van der Waals surface area (Å²) in [6.45, 7) is 7.67. The second kappa shape index (κ2) is 6.18. The molecule has 0 spiro atoms. The fraction of sp³-hybridized carbons (Fsp3) is 0.600. The second-order valence-electron chi connectivity index (χ2n) is 5.32. The number of rotatable bonds is 4. The van der Waals surface area contributed by atoms with Crippen LogP contribution in [0.3, 0.4) is 0 Å². The number of hydrogen-bond donors (Lipinski definition) is 2. The normalized spacial score (nSPS) is 20.8. The van der Waals surface area contributed by atoms with Crippen LogP contribution in [-0.4, -0.2) is 19.1 Å². The Hall–Kier alpha value is -0.860. The summed E-state index contributed by atoms with van der Waals surface area (Å²) < 4.78 is 0. The maximum absolute atomic E-state index is 3.48. The van der Waals surface area contributed by atoms with Crippen LogP contribution in [0.5, 0.6) is 0 Å². The minimum absolute atomic E-state index is 0.553. The van der Waals surface area contributed by atoms with Crippen molar-refractivity contribution in [1.82, 2.24) is 10.6 Å². The minimum atomic E-state index is 0.553. The molecule has 2 rings (SSSR count). The highest BCUT2D eigenvalue weighted by Gasteiger charge is 2.14. The van der Waals surface area contributed by atoms with Gasteiger partial charge in [-0.2, -0.15) is 0 Å². The van der Waals surface area contributed by atoms with Gasteiger partial charge in [0.1, 0.15) is 0 Å². The molecule has 94 valence electrons. The van der Waals surface area contributed by atoms with Crippen molar-refractivity contribution in [3.63, 3.8) is 0 Å².